The number of ether oxygens (including phenoxy) is 1. The normalized spacial score (nSPS) is 17.2. The first-order valence-electron chi connectivity index (χ1n) is 6.37. The fraction of sp³-hybridized carbons (Fsp3) is 0.462. The molecule has 0 unspecified atom stereocenters. The molecule has 116 valence electrons. The minimum absolute atomic E-state index is 0.0666. The van der Waals surface area contributed by atoms with E-state index in [2.05, 4.69) is 4.72 Å². The van der Waals surface area contributed by atoms with Crippen molar-refractivity contribution >= 4 is 27.6 Å². The minimum Gasteiger partial charge on any atom is -0.478 e. The molecule has 0 spiro atoms. The van der Waals surface area contributed by atoms with E-state index < -0.39 is 21.6 Å². The monoisotopic (exact) mass is 333 g/mol. The summed E-state index contributed by atoms with van der Waals surface area (Å²) in [5, 5.41) is 8.76. The lowest BCUT2D eigenvalue weighted by Crippen LogP contribution is -2.49. The Balaban J connectivity index is 2.16. The number of hydrogen-bond acceptors (Lipinski definition) is 4. The average Bonchev–Trinajstić information content (AvgIpc) is 2.37. The molecule has 2 rings (SSSR count). The van der Waals surface area contributed by atoms with Gasteiger partial charge < -0.3 is 9.84 Å². The number of hydrogen-bond donors (Lipinski definition) is 2. The van der Waals surface area contributed by atoms with Crippen LogP contribution in [-0.2, 0) is 14.8 Å². The van der Waals surface area contributed by atoms with Gasteiger partial charge in [-0.1, -0.05) is 11.6 Å². The highest BCUT2D eigenvalue weighted by atomic mass is 35.5. The van der Waals surface area contributed by atoms with Crippen molar-refractivity contribution in [3.8, 4) is 0 Å². The molecule has 0 heterocycles. The van der Waals surface area contributed by atoms with Crippen LogP contribution in [0.5, 0.6) is 0 Å². The number of carboxylic acid groups (broad SMARTS) is 1. The Kier molecular flexibility index (Phi) is 4.57. The SMILES string of the molecule is COC1(CNS(=O)(=O)c2ccc(C(=O)O)c(Cl)c2)CCC1. The van der Waals surface area contributed by atoms with Crippen molar-refractivity contribution in [2.75, 3.05) is 13.7 Å². The summed E-state index contributed by atoms with van der Waals surface area (Å²) in [7, 11) is -2.19. The third-order valence-electron chi connectivity index (χ3n) is 3.76. The standard InChI is InChI=1S/C13H16ClNO5S/c1-20-13(5-2-6-13)8-15-21(18,19)9-3-4-10(12(16)17)11(14)7-9/h3-4,7,15H,2,5-6,8H2,1H3,(H,16,17). The molecule has 21 heavy (non-hydrogen) atoms. The number of nitrogens with one attached hydrogen (secondary N) is 1. The van der Waals surface area contributed by atoms with Crippen LogP contribution in [0, 0.1) is 0 Å². The number of halogens is 1. The lowest BCUT2D eigenvalue weighted by atomic mass is 9.80. The molecule has 0 aliphatic heterocycles. The maximum atomic E-state index is 12.2. The van der Waals surface area contributed by atoms with E-state index in [9.17, 15) is 13.2 Å². The molecule has 0 aromatic heterocycles. The molecule has 1 aliphatic carbocycles. The lowest BCUT2D eigenvalue weighted by Gasteiger charge is -2.40. The summed E-state index contributed by atoms with van der Waals surface area (Å²) in [6.45, 7) is 0.185. The topological polar surface area (TPSA) is 92.7 Å². The van der Waals surface area contributed by atoms with E-state index in [-0.39, 0.29) is 22.0 Å². The van der Waals surface area contributed by atoms with Gasteiger partial charge in [0, 0.05) is 13.7 Å². The molecule has 2 N–H and O–H groups in total. The fourth-order valence-electron chi connectivity index (χ4n) is 2.17. The van der Waals surface area contributed by atoms with Gasteiger partial charge in [0.1, 0.15) is 0 Å². The summed E-state index contributed by atoms with van der Waals surface area (Å²) in [6, 6.07) is 3.53. The zero-order valence-electron chi connectivity index (χ0n) is 11.4. The molecular formula is C13H16ClNO5S. The molecule has 0 amide bonds. The Labute approximate surface area is 128 Å². The first-order chi connectivity index (χ1) is 9.80. The van der Waals surface area contributed by atoms with Crippen LogP contribution in [0.4, 0.5) is 0 Å². The summed E-state index contributed by atoms with van der Waals surface area (Å²) in [5.41, 5.74) is -0.569. The number of benzene rings is 1. The molecule has 0 radical (unpaired) electrons. The molecule has 0 saturated heterocycles. The van der Waals surface area contributed by atoms with E-state index in [0.29, 0.717) is 0 Å². The number of aromatic carboxylic acids is 1. The van der Waals surface area contributed by atoms with Crippen LogP contribution in [-0.4, -0.2) is 38.7 Å². The summed E-state index contributed by atoms with van der Waals surface area (Å²) in [4.78, 5) is 10.8. The van der Waals surface area contributed by atoms with Gasteiger partial charge in [0.2, 0.25) is 10.0 Å². The second-order valence-electron chi connectivity index (χ2n) is 5.01. The number of carboxylic acids is 1. The Bertz CT molecular complexity index is 649. The maximum Gasteiger partial charge on any atom is 0.337 e. The maximum absolute atomic E-state index is 12.2. The highest BCUT2D eigenvalue weighted by molar-refractivity contribution is 7.89. The number of carbonyl (C=O) groups is 1. The van der Waals surface area contributed by atoms with Crippen LogP contribution < -0.4 is 4.72 Å². The summed E-state index contributed by atoms with van der Waals surface area (Å²) < 4.78 is 32.2. The van der Waals surface area contributed by atoms with Crippen LogP contribution in [0.15, 0.2) is 23.1 Å². The second kappa shape index (κ2) is 5.92. The molecule has 1 saturated carbocycles. The van der Waals surface area contributed by atoms with Crippen molar-refractivity contribution in [1.82, 2.24) is 4.72 Å². The fourth-order valence-corrected chi connectivity index (χ4v) is 3.64. The average molecular weight is 334 g/mol. The van der Waals surface area contributed by atoms with E-state index in [4.69, 9.17) is 21.4 Å². The van der Waals surface area contributed by atoms with Crippen LogP contribution >= 0.6 is 11.6 Å². The zero-order chi connectivity index (χ0) is 15.7. The predicted octanol–water partition coefficient (Wildman–Crippen LogP) is 1.89. The molecule has 1 fully saturated rings. The minimum atomic E-state index is -3.75. The third-order valence-corrected chi connectivity index (χ3v) is 5.48. The molecule has 6 nitrogen and oxygen atoms in total. The zero-order valence-corrected chi connectivity index (χ0v) is 13.0. The lowest BCUT2D eigenvalue weighted by molar-refractivity contribution is -0.0659. The molecule has 8 heteroatoms. The van der Waals surface area contributed by atoms with Gasteiger partial charge >= 0.3 is 5.97 Å². The highest BCUT2D eigenvalue weighted by Gasteiger charge is 2.38. The Morgan fingerprint density at radius 3 is 2.57 bits per heavy atom. The van der Waals surface area contributed by atoms with Crippen molar-refractivity contribution in [1.29, 1.82) is 0 Å². The van der Waals surface area contributed by atoms with Crippen LogP contribution in [0.2, 0.25) is 5.02 Å². The molecular weight excluding hydrogens is 318 g/mol. The van der Waals surface area contributed by atoms with E-state index in [1.54, 1.807) is 7.11 Å². The Morgan fingerprint density at radius 1 is 1.48 bits per heavy atom. The summed E-state index contributed by atoms with van der Waals surface area (Å²) in [5.74, 6) is -1.20. The number of methoxy groups -OCH3 is 1. The van der Waals surface area contributed by atoms with Crippen LogP contribution in [0.3, 0.4) is 0 Å². The van der Waals surface area contributed by atoms with Crippen molar-refractivity contribution in [2.45, 2.75) is 29.8 Å². The highest BCUT2D eigenvalue weighted by Crippen LogP contribution is 2.34. The number of sulfonamides is 1. The Morgan fingerprint density at radius 2 is 2.14 bits per heavy atom. The van der Waals surface area contributed by atoms with Gasteiger partial charge in [-0.2, -0.15) is 0 Å². The predicted molar refractivity (Wildman–Crippen MR) is 77.2 cm³/mol. The van der Waals surface area contributed by atoms with Gasteiger partial charge in [-0.05, 0) is 37.5 Å². The van der Waals surface area contributed by atoms with E-state index >= 15 is 0 Å². The summed E-state index contributed by atoms with van der Waals surface area (Å²) in [6.07, 6.45) is 2.63. The van der Waals surface area contributed by atoms with Crippen molar-refractivity contribution < 1.29 is 23.1 Å². The van der Waals surface area contributed by atoms with Crippen molar-refractivity contribution in [2.24, 2.45) is 0 Å². The van der Waals surface area contributed by atoms with E-state index in [0.717, 1.165) is 25.3 Å². The van der Waals surface area contributed by atoms with Gasteiger partial charge in [0.05, 0.1) is 21.1 Å². The number of rotatable bonds is 6. The molecule has 1 aliphatic rings. The van der Waals surface area contributed by atoms with Gasteiger partial charge in [-0.25, -0.2) is 17.9 Å². The third kappa shape index (κ3) is 3.37. The molecule has 1 aromatic carbocycles. The van der Waals surface area contributed by atoms with E-state index in [1.807, 2.05) is 0 Å². The molecule has 1 aromatic rings. The van der Waals surface area contributed by atoms with Gasteiger partial charge in [-0.15, -0.1) is 0 Å². The van der Waals surface area contributed by atoms with Crippen molar-refractivity contribution in [3.05, 3.63) is 28.8 Å². The Hall–Kier alpha value is -1.15. The van der Waals surface area contributed by atoms with Gasteiger partial charge in [-0.3, -0.25) is 0 Å². The largest absolute Gasteiger partial charge is 0.478 e. The first kappa shape index (κ1) is 16.2. The van der Waals surface area contributed by atoms with Crippen molar-refractivity contribution in [3.63, 3.8) is 0 Å². The first-order valence-corrected chi connectivity index (χ1v) is 8.23. The van der Waals surface area contributed by atoms with Gasteiger partial charge in [0.15, 0.2) is 0 Å². The molecule has 0 atom stereocenters. The quantitative estimate of drug-likeness (QED) is 0.829. The second-order valence-corrected chi connectivity index (χ2v) is 7.19. The van der Waals surface area contributed by atoms with Crippen LogP contribution in [0.25, 0.3) is 0 Å². The molecule has 0 bridgehead atoms. The van der Waals surface area contributed by atoms with Crippen LogP contribution in [0.1, 0.15) is 29.6 Å². The summed E-state index contributed by atoms with van der Waals surface area (Å²) >= 11 is 5.79. The van der Waals surface area contributed by atoms with E-state index in [1.165, 1.54) is 12.1 Å². The van der Waals surface area contributed by atoms with Gasteiger partial charge in [0.25, 0.3) is 0 Å². The smallest absolute Gasteiger partial charge is 0.337 e.